The molecule has 1 aliphatic rings. The van der Waals surface area contributed by atoms with Gasteiger partial charge in [-0.1, -0.05) is 17.6 Å². The van der Waals surface area contributed by atoms with Crippen LogP contribution in [0.3, 0.4) is 0 Å². The molecule has 1 aromatic rings. The van der Waals surface area contributed by atoms with Gasteiger partial charge in [0.25, 0.3) is 0 Å². The Hall–Kier alpha value is -0.835. The highest BCUT2D eigenvalue weighted by molar-refractivity contribution is 6.52. The lowest BCUT2D eigenvalue weighted by molar-refractivity contribution is 0.00578. The molecule has 2 heterocycles. The van der Waals surface area contributed by atoms with E-state index in [9.17, 15) is 0 Å². The van der Waals surface area contributed by atoms with Gasteiger partial charge in [0.05, 0.1) is 21.9 Å². The highest BCUT2D eigenvalue weighted by atomic mass is 35.5. The van der Waals surface area contributed by atoms with Crippen molar-refractivity contribution in [1.82, 2.24) is 4.98 Å². The van der Waals surface area contributed by atoms with Crippen molar-refractivity contribution in [3.8, 4) is 0 Å². The number of aryl methyl sites for hydroxylation is 1. The summed E-state index contributed by atoms with van der Waals surface area (Å²) in [5.74, 6) is 1.85. The molecule has 0 bridgehead atoms. The Balaban J connectivity index is 2.13. The summed E-state index contributed by atoms with van der Waals surface area (Å²) in [5.41, 5.74) is 1.11. The molecular weight excluding hydrogens is 260 g/mol. The number of pyridine rings is 1. The van der Waals surface area contributed by atoms with E-state index in [-0.39, 0.29) is 18.3 Å². The van der Waals surface area contributed by atoms with Gasteiger partial charge in [0.1, 0.15) is 0 Å². The van der Waals surface area contributed by atoms with Crippen molar-refractivity contribution in [2.75, 3.05) is 0 Å². The number of hydrogen-bond acceptors (Lipinski definition) is 3. The first-order chi connectivity index (χ1) is 8.71. The second-order valence-electron chi connectivity index (χ2n) is 5.86. The first-order valence-corrected chi connectivity index (χ1v) is 6.75. The lowest BCUT2D eigenvalue weighted by Crippen LogP contribution is -2.41. The summed E-state index contributed by atoms with van der Waals surface area (Å²) in [6.45, 7) is 10.1. The summed E-state index contributed by atoms with van der Waals surface area (Å²) < 4.78 is 11.7. The summed E-state index contributed by atoms with van der Waals surface area (Å²) in [7, 11) is -0.371. The van der Waals surface area contributed by atoms with Crippen LogP contribution in [0.1, 0.15) is 39.0 Å². The third-order valence-corrected chi connectivity index (χ3v) is 3.99. The van der Waals surface area contributed by atoms with Gasteiger partial charge in [-0.25, -0.2) is 0 Å². The minimum Gasteiger partial charge on any atom is -0.400 e. The molecule has 0 saturated carbocycles. The maximum Gasteiger partial charge on any atom is 0.487 e. The Morgan fingerprint density at radius 3 is 2.32 bits per heavy atom. The van der Waals surface area contributed by atoms with Crippen molar-refractivity contribution < 1.29 is 9.31 Å². The van der Waals surface area contributed by atoms with Gasteiger partial charge < -0.3 is 9.31 Å². The number of aromatic nitrogens is 1. The monoisotopic (exact) mass is 279 g/mol. The maximum atomic E-state index is 6.13. The third-order valence-electron chi connectivity index (χ3n) is 3.69. The van der Waals surface area contributed by atoms with E-state index in [0.717, 1.165) is 11.3 Å². The van der Waals surface area contributed by atoms with E-state index >= 15 is 0 Å². The molecule has 0 radical (unpaired) electrons. The molecule has 0 spiro atoms. The zero-order chi connectivity index (χ0) is 14.3. The first-order valence-electron chi connectivity index (χ1n) is 6.37. The van der Waals surface area contributed by atoms with Crippen LogP contribution >= 0.6 is 11.6 Å². The molecule has 19 heavy (non-hydrogen) atoms. The van der Waals surface area contributed by atoms with Crippen molar-refractivity contribution >= 4 is 24.8 Å². The minimum atomic E-state index is -0.371. The Labute approximate surface area is 120 Å². The normalized spacial score (nSPS) is 21.3. The second-order valence-corrected chi connectivity index (χ2v) is 6.27. The van der Waals surface area contributed by atoms with E-state index in [1.165, 1.54) is 0 Å². The number of rotatable bonds is 2. The minimum absolute atomic E-state index is 0.327. The van der Waals surface area contributed by atoms with E-state index in [0.29, 0.717) is 5.02 Å². The largest absolute Gasteiger partial charge is 0.487 e. The topological polar surface area (TPSA) is 31.4 Å². The fourth-order valence-electron chi connectivity index (χ4n) is 1.80. The Bertz CT molecular complexity index is 498. The lowest BCUT2D eigenvalue weighted by Gasteiger charge is -2.32. The third kappa shape index (κ3) is 3.02. The summed E-state index contributed by atoms with van der Waals surface area (Å²) >= 11 is 6.13. The molecule has 0 amide bonds. The van der Waals surface area contributed by atoms with E-state index in [4.69, 9.17) is 20.9 Å². The standard InChI is InChI=1S/C14H19BClNO2/c1-10-8-11(16)12(17-9-10)6-7-15-18-13(2,3)14(4,5)19-15/h6-9H,1-5H3/b7-6+. The number of hydrogen-bond donors (Lipinski definition) is 0. The predicted octanol–water partition coefficient (Wildman–Crippen LogP) is 3.69. The average Bonchev–Trinajstić information content (AvgIpc) is 2.46. The zero-order valence-electron chi connectivity index (χ0n) is 12.0. The smallest absolute Gasteiger partial charge is 0.400 e. The van der Waals surface area contributed by atoms with Gasteiger partial charge in [-0.05, 0) is 52.3 Å². The van der Waals surface area contributed by atoms with Gasteiger partial charge in [-0.2, -0.15) is 0 Å². The molecule has 0 atom stereocenters. The van der Waals surface area contributed by atoms with Crippen molar-refractivity contribution in [2.24, 2.45) is 0 Å². The van der Waals surface area contributed by atoms with Gasteiger partial charge in [0.15, 0.2) is 0 Å². The Morgan fingerprint density at radius 2 is 1.79 bits per heavy atom. The Kier molecular flexibility index (Phi) is 3.78. The van der Waals surface area contributed by atoms with Crippen LogP contribution < -0.4 is 0 Å². The zero-order valence-corrected chi connectivity index (χ0v) is 12.8. The fraction of sp³-hybridized carbons (Fsp3) is 0.500. The molecule has 102 valence electrons. The summed E-state index contributed by atoms with van der Waals surface area (Å²) in [4.78, 5) is 4.28. The van der Waals surface area contributed by atoms with Gasteiger partial charge >= 0.3 is 7.12 Å². The molecule has 1 aliphatic heterocycles. The van der Waals surface area contributed by atoms with Crippen LogP contribution in [0.2, 0.25) is 5.02 Å². The van der Waals surface area contributed by atoms with Crippen LogP contribution in [0, 0.1) is 6.92 Å². The van der Waals surface area contributed by atoms with Gasteiger partial charge in [0, 0.05) is 6.20 Å². The van der Waals surface area contributed by atoms with Gasteiger partial charge in [-0.15, -0.1) is 0 Å². The van der Waals surface area contributed by atoms with Crippen LogP contribution in [-0.2, 0) is 9.31 Å². The molecule has 0 unspecified atom stereocenters. The van der Waals surface area contributed by atoms with Crippen molar-refractivity contribution in [1.29, 1.82) is 0 Å². The van der Waals surface area contributed by atoms with Crippen molar-refractivity contribution in [2.45, 2.75) is 45.8 Å². The van der Waals surface area contributed by atoms with Crippen molar-refractivity contribution in [3.63, 3.8) is 0 Å². The molecule has 1 fully saturated rings. The van der Waals surface area contributed by atoms with Crippen LogP contribution in [-0.4, -0.2) is 23.3 Å². The molecule has 5 heteroatoms. The van der Waals surface area contributed by atoms with Crippen molar-refractivity contribution in [3.05, 3.63) is 34.5 Å². The lowest BCUT2D eigenvalue weighted by atomic mass is 9.89. The quantitative estimate of drug-likeness (QED) is 0.774. The Morgan fingerprint density at radius 1 is 1.21 bits per heavy atom. The van der Waals surface area contributed by atoms with Gasteiger partial charge in [0.2, 0.25) is 0 Å². The summed E-state index contributed by atoms with van der Waals surface area (Å²) in [6, 6.07) is 1.89. The molecule has 0 aliphatic carbocycles. The van der Waals surface area contributed by atoms with E-state index in [1.807, 2.05) is 52.7 Å². The maximum absolute atomic E-state index is 6.13. The predicted molar refractivity (Wildman–Crippen MR) is 79.1 cm³/mol. The van der Waals surface area contributed by atoms with Crippen LogP contribution in [0.5, 0.6) is 0 Å². The molecular formula is C14H19BClNO2. The molecule has 3 nitrogen and oxygen atoms in total. The van der Waals surface area contributed by atoms with Crippen LogP contribution in [0.25, 0.3) is 6.08 Å². The number of halogens is 1. The molecule has 1 aromatic heterocycles. The first kappa shape index (κ1) is 14.6. The highest BCUT2D eigenvalue weighted by Crippen LogP contribution is 2.37. The molecule has 0 N–H and O–H groups in total. The average molecular weight is 280 g/mol. The van der Waals surface area contributed by atoms with Crippen LogP contribution in [0.4, 0.5) is 0 Å². The van der Waals surface area contributed by atoms with Crippen LogP contribution in [0.15, 0.2) is 18.2 Å². The molecule has 0 aromatic carbocycles. The van der Waals surface area contributed by atoms with E-state index < -0.39 is 0 Å². The summed E-state index contributed by atoms with van der Waals surface area (Å²) in [6.07, 6.45) is 3.62. The van der Waals surface area contributed by atoms with E-state index in [1.54, 1.807) is 6.20 Å². The summed E-state index contributed by atoms with van der Waals surface area (Å²) in [5, 5.41) is 0.632. The second kappa shape index (κ2) is 4.93. The fourth-order valence-corrected chi connectivity index (χ4v) is 2.09. The van der Waals surface area contributed by atoms with Gasteiger partial charge in [-0.3, -0.25) is 4.98 Å². The number of nitrogens with zero attached hydrogens (tertiary/aromatic N) is 1. The molecule has 2 rings (SSSR count). The highest BCUT2D eigenvalue weighted by Gasteiger charge is 2.50. The van der Waals surface area contributed by atoms with E-state index in [2.05, 4.69) is 4.98 Å². The molecule has 1 saturated heterocycles. The SMILES string of the molecule is Cc1cnc(/C=C/B2OC(C)(C)C(C)(C)O2)c(Cl)c1.